The van der Waals surface area contributed by atoms with E-state index in [2.05, 4.69) is 5.10 Å². The number of alkyl halides is 3. The quantitative estimate of drug-likeness (QED) is 0.681. The average molecular weight is 477 g/mol. The third-order valence-electron chi connectivity index (χ3n) is 4.60. The summed E-state index contributed by atoms with van der Waals surface area (Å²) in [6.07, 6.45) is -7.57. The number of carbonyl (C=O) groups excluding carboxylic acids is 1. The van der Waals surface area contributed by atoms with Crippen molar-refractivity contribution in [3.8, 4) is 11.5 Å². The van der Waals surface area contributed by atoms with Crippen molar-refractivity contribution in [2.75, 3.05) is 7.11 Å². The van der Waals surface area contributed by atoms with Gasteiger partial charge in [0, 0.05) is 10.6 Å². The van der Waals surface area contributed by atoms with E-state index in [0.29, 0.717) is 10.8 Å². The molecule has 0 radical (unpaired) electrons. The maximum atomic E-state index is 13.8. The molecule has 1 heterocycles. The zero-order valence-corrected chi connectivity index (χ0v) is 17.8. The van der Waals surface area contributed by atoms with E-state index in [-0.39, 0.29) is 27.1 Å². The van der Waals surface area contributed by atoms with Gasteiger partial charge in [0.1, 0.15) is 11.5 Å². The Kier molecular flexibility index (Phi) is 6.40. The molecule has 0 bridgehead atoms. The normalized spacial score (nSPS) is 19.7. The van der Waals surface area contributed by atoms with Crippen molar-refractivity contribution in [2.45, 2.75) is 31.3 Å². The van der Waals surface area contributed by atoms with Crippen molar-refractivity contribution < 1.29 is 32.5 Å². The standard InChI is InChI=1S/C20H17Cl2F3N2O4/c1-11(31-17-7-6-13(21)9-15(17)22)18(28)27-19(29,20(23,24)25)10-16(26-27)12-4-3-5-14(8-12)30-2/h3-9,11,29H,10H2,1-2H3/t11-,19-/m0/s1. The summed E-state index contributed by atoms with van der Waals surface area (Å²) in [5.41, 5.74) is -3.40. The molecule has 0 fully saturated rings. The number of nitrogens with zero attached hydrogens (tertiary/aromatic N) is 2. The molecule has 166 valence electrons. The number of amides is 1. The molecule has 1 N–H and O–H groups in total. The van der Waals surface area contributed by atoms with E-state index in [1.165, 1.54) is 44.4 Å². The van der Waals surface area contributed by atoms with Gasteiger partial charge in [-0.25, -0.2) is 0 Å². The first-order chi connectivity index (χ1) is 14.5. The van der Waals surface area contributed by atoms with Crippen LogP contribution in [0.3, 0.4) is 0 Å². The van der Waals surface area contributed by atoms with Crippen LogP contribution in [0, 0.1) is 0 Å². The predicted octanol–water partition coefficient (Wildman–Crippen LogP) is 4.66. The summed E-state index contributed by atoms with van der Waals surface area (Å²) in [6.45, 7) is 1.23. The zero-order chi connectivity index (χ0) is 23.0. The smallest absolute Gasteiger partial charge is 0.438 e. The molecule has 6 nitrogen and oxygen atoms in total. The fourth-order valence-electron chi connectivity index (χ4n) is 2.95. The van der Waals surface area contributed by atoms with Crippen LogP contribution >= 0.6 is 23.2 Å². The molecule has 11 heteroatoms. The highest BCUT2D eigenvalue weighted by atomic mass is 35.5. The van der Waals surface area contributed by atoms with E-state index >= 15 is 0 Å². The van der Waals surface area contributed by atoms with Gasteiger partial charge in [-0.15, -0.1) is 0 Å². The van der Waals surface area contributed by atoms with Crippen molar-refractivity contribution in [1.82, 2.24) is 5.01 Å². The van der Waals surface area contributed by atoms with Gasteiger partial charge in [-0.05, 0) is 37.3 Å². The number of aliphatic hydroxyl groups is 1. The molecule has 0 aromatic heterocycles. The zero-order valence-electron chi connectivity index (χ0n) is 16.3. The highest BCUT2D eigenvalue weighted by Gasteiger charge is 2.63. The van der Waals surface area contributed by atoms with Crippen LogP contribution in [0.1, 0.15) is 18.9 Å². The Morgan fingerprint density at radius 2 is 1.97 bits per heavy atom. The molecule has 2 aromatic rings. The first-order valence-electron chi connectivity index (χ1n) is 8.93. The number of hydrogen-bond donors (Lipinski definition) is 1. The number of hydrazone groups is 1. The minimum Gasteiger partial charge on any atom is -0.497 e. The minimum absolute atomic E-state index is 0.0102. The van der Waals surface area contributed by atoms with Gasteiger partial charge >= 0.3 is 6.18 Å². The summed E-state index contributed by atoms with van der Waals surface area (Å²) in [5.74, 6) is -0.781. The minimum atomic E-state index is -5.18. The van der Waals surface area contributed by atoms with Crippen LogP contribution in [0.5, 0.6) is 11.5 Å². The molecule has 1 amide bonds. The summed E-state index contributed by atoms with van der Waals surface area (Å²) >= 11 is 11.8. The Balaban J connectivity index is 1.93. The molecular formula is C20H17Cl2F3N2O4. The average Bonchev–Trinajstić information content (AvgIpc) is 3.08. The number of methoxy groups -OCH3 is 1. The van der Waals surface area contributed by atoms with E-state index in [1.54, 1.807) is 12.1 Å². The molecule has 31 heavy (non-hydrogen) atoms. The van der Waals surface area contributed by atoms with Gasteiger partial charge in [-0.3, -0.25) is 4.79 Å². The first kappa shape index (κ1) is 23.2. The topological polar surface area (TPSA) is 71.4 Å². The fourth-order valence-corrected chi connectivity index (χ4v) is 3.40. The highest BCUT2D eigenvalue weighted by Crippen LogP contribution is 2.42. The summed E-state index contributed by atoms with van der Waals surface area (Å²) in [6, 6.07) is 10.3. The molecule has 0 spiro atoms. The second-order valence-electron chi connectivity index (χ2n) is 6.75. The Hall–Kier alpha value is -2.49. The van der Waals surface area contributed by atoms with E-state index in [4.69, 9.17) is 32.7 Å². The van der Waals surface area contributed by atoms with Gasteiger partial charge in [0.25, 0.3) is 11.6 Å². The van der Waals surface area contributed by atoms with E-state index in [1.807, 2.05) is 0 Å². The third-order valence-corrected chi connectivity index (χ3v) is 5.13. The lowest BCUT2D eigenvalue weighted by atomic mass is 10.0. The van der Waals surface area contributed by atoms with Gasteiger partial charge in [-0.1, -0.05) is 35.3 Å². The predicted molar refractivity (Wildman–Crippen MR) is 109 cm³/mol. The lowest BCUT2D eigenvalue weighted by molar-refractivity contribution is -0.303. The van der Waals surface area contributed by atoms with E-state index in [0.717, 1.165) is 0 Å². The maximum Gasteiger partial charge on any atom is 0.438 e. The second kappa shape index (κ2) is 8.57. The van der Waals surface area contributed by atoms with Crippen LogP contribution < -0.4 is 9.47 Å². The monoisotopic (exact) mass is 476 g/mol. The number of halogens is 5. The van der Waals surface area contributed by atoms with Gasteiger partial charge in [0.2, 0.25) is 0 Å². The Morgan fingerprint density at radius 1 is 1.26 bits per heavy atom. The first-order valence-corrected chi connectivity index (χ1v) is 9.68. The molecule has 1 aliphatic heterocycles. The molecule has 0 saturated carbocycles. The van der Waals surface area contributed by atoms with Crippen LogP contribution in [-0.2, 0) is 4.79 Å². The molecule has 3 rings (SSSR count). The van der Waals surface area contributed by atoms with E-state index in [9.17, 15) is 23.1 Å². The van der Waals surface area contributed by atoms with E-state index < -0.39 is 30.3 Å². The van der Waals surface area contributed by atoms with Crippen LogP contribution in [0.4, 0.5) is 13.2 Å². The van der Waals surface area contributed by atoms with Crippen molar-refractivity contribution in [3.63, 3.8) is 0 Å². The lowest BCUT2D eigenvalue weighted by Crippen LogP contribution is -2.58. The summed E-state index contributed by atoms with van der Waals surface area (Å²) in [4.78, 5) is 12.8. The fraction of sp³-hybridized carbons (Fsp3) is 0.300. The SMILES string of the molecule is COc1cccc(C2=NN(C(=O)[C@H](C)Oc3ccc(Cl)cc3Cl)[C@@](O)(C(F)(F)F)C2)c1. The largest absolute Gasteiger partial charge is 0.497 e. The van der Waals surface area contributed by atoms with Crippen LogP contribution in [0.2, 0.25) is 10.0 Å². The molecular weight excluding hydrogens is 460 g/mol. The maximum absolute atomic E-state index is 13.8. The summed E-state index contributed by atoms with van der Waals surface area (Å²) in [7, 11) is 1.40. The number of ether oxygens (including phenoxy) is 2. The Morgan fingerprint density at radius 3 is 2.58 bits per heavy atom. The van der Waals surface area contributed by atoms with Gasteiger partial charge in [0.05, 0.1) is 24.3 Å². The molecule has 2 aromatic carbocycles. The summed E-state index contributed by atoms with van der Waals surface area (Å²) < 4.78 is 51.8. The number of carbonyl (C=O) groups is 1. The Bertz CT molecular complexity index is 1030. The summed E-state index contributed by atoms with van der Waals surface area (Å²) in [5, 5.41) is 14.6. The van der Waals surface area contributed by atoms with Crippen molar-refractivity contribution >= 4 is 34.8 Å². The second-order valence-corrected chi connectivity index (χ2v) is 7.60. The van der Waals surface area contributed by atoms with Crippen LogP contribution in [0.15, 0.2) is 47.6 Å². The molecule has 1 aliphatic rings. The van der Waals surface area contributed by atoms with Crippen molar-refractivity contribution in [1.29, 1.82) is 0 Å². The molecule has 0 saturated heterocycles. The molecule has 0 aliphatic carbocycles. The van der Waals surface area contributed by atoms with Gasteiger partial charge in [-0.2, -0.15) is 23.3 Å². The Labute approximate surface area is 185 Å². The number of hydrogen-bond acceptors (Lipinski definition) is 5. The highest BCUT2D eigenvalue weighted by molar-refractivity contribution is 6.35. The van der Waals surface area contributed by atoms with Crippen LogP contribution in [-0.4, -0.2) is 46.8 Å². The van der Waals surface area contributed by atoms with Crippen LogP contribution in [0.25, 0.3) is 0 Å². The number of benzene rings is 2. The third kappa shape index (κ3) is 4.58. The molecule has 2 atom stereocenters. The van der Waals surface area contributed by atoms with Crippen molar-refractivity contribution in [3.05, 3.63) is 58.1 Å². The van der Waals surface area contributed by atoms with Gasteiger partial charge in [0.15, 0.2) is 6.10 Å². The number of rotatable bonds is 5. The van der Waals surface area contributed by atoms with Gasteiger partial charge < -0.3 is 14.6 Å². The lowest BCUT2D eigenvalue weighted by Gasteiger charge is -2.33. The van der Waals surface area contributed by atoms with Crippen molar-refractivity contribution in [2.24, 2.45) is 5.10 Å². The molecule has 0 unspecified atom stereocenters.